The van der Waals surface area contributed by atoms with E-state index in [1.165, 1.54) is 64.6 Å². The molecule has 3 fully saturated rings. The predicted molar refractivity (Wildman–Crippen MR) is 75.6 cm³/mol. The van der Waals surface area contributed by atoms with Crippen LogP contribution in [0.4, 0.5) is 0 Å². The molecule has 0 spiro atoms. The van der Waals surface area contributed by atoms with E-state index in [2.05, 4.69) is 16.7 Å². The summed E-state index contributed by atoms with van der Waals surface area (Å²) in [4.78, 5) is 5.54. The van der Waals surface area contributed by atoms with Crippen LogP contribution in [0.2, 0.25) is 0 Å². The minimum atomic E-state index is 0.459. The smallest absolute Gasteiger partial charge is 0.0224 e. The molecule has 2 heterocycles. The van der Waals surface area contributed by atoms with Gasteiger partial charge in [0, 0.05) is 37.3 Å². The second-order valence-corrected chi connectivity index (χ2v) is 6.77. The molecule has 104 valence electrons. The first-order chi connectivity index (χ1) is 8.74. The zero-order valence-electron chi connectivity index (χ0n) is 11.9. The summed E-state index contributed by atoms with van der Waals surface area (Å²) in [6.07, 6.45) is 9.46. The summed E-state index contributed by atoms with van der Waals surface area (Å²) >= 11 is 0. The molecule has 4 unspecified atom stereocenters. The summed E-state index contributed by atoms with van der Waals surface area (Å²) in [6, 6.07) is 2.80. The van der Waals surface area contributed by atoms with Gasteiger partial charge in [0.15, 0.2) is 0 Å². The molecule has 0 aromatic rings. The van der Waals surface area contributed by atoms with E-state index >= 15 is 0 Å². The van der Waals surface area contributed by atoms with Gasteiger partial charge in [0.2, 0.25) is 0 Å². The largest absolute Gasteiger partial charge is 0.328 e. The molecule has 4 atom stereocenters. The van der Waals surface area contributed by atoms with Crippen molar-refractivity contribution in [1.82, 2.24) is 9.80 Å². The zero-order chi connectivity index (χ0) is 12.5. The Morgan fingerprint density at radius 2 is 1.78 bits per heavy atom. The van der Waals surface area contributed by atoms with Crippen LogP contribution in [0.3, 0.4) is 0 Å². The maximum atomic E-state index is 6.17. The van der Waals surface area contributed by atoms with Crippen molar-refractivity contribution < 1.29 is 0 Å². The number of piperazine rings is 1. The fourth-order valence-electron chi connectivity index (χ4n) is 4.39. The number of hydrogen-bond acceptors (Lipinski definition) is 3. The minimum Gasteiger partial charge on any atom is -0.328 e. The molecule has 1 saturated carbocycles. The Morgan fingerprint density at radius 3 is 2.61 bits per heavy atom. The van der Waals surface area contributed by atoms with Crippen molar-refractivity contribution in [2.24, 2.45) is 5.73 Å². The minimum absolute atomic E-state index is 0.459. The highest BCUT2D eigenvalue weighted by atomic mass is 15.3. The van der Waals surface area contributed by atoms with Crippen LogP contribution >= 0.6 is 0 Å². The molecular formula is C15H29N3. The van der Waals surface area contributed by atoms with Gasteiger partial charge in [-0.25, -0.2) is 0 Å². The fraction of sp³-hybridized carbons (Fsp3) is 1.00. The van der Waals surface area contributed by atoms with Crippen molar-refractivity contribution >= 4 is 0 Å². The lowest BCUT2D eigenvalue weighted by Crippen LogP contribution is -2.61. The number of rotatable bonds is 1. The highest BCUT2D eigenvalue weighted by Crippen LogP contribution is 2.30. The quantitative estimate of drug-likeness (QED) is 0.771. The molecule has 3 rings (SSSR count). The van der Waals surface area contributed by atoms with Gasteiger partial charge in [0.1, 0.15) is 0 Å². The third-order valence-corrected chi connectivity index (χ3v) is 5.39. The molecule has 3 aliphatic rings. The molecule has 2 aliphatic heterocycles. The van der Waals surface area contributed by atoms with Crippen molar-refractivity contribution in [2.45, 2.75) is 76.0 Å². The van der Waals surface area contributed by atoms with E-state index in [1.807, 2.05) is 0 Å². The number of piperidine rings is 1. The van der Waals surface area contributed by atoms with Crippen LogP contribution in [0.1, 0.15) is 51.9 Å². The summed E-state index contributed by atoms with van der Waals surface area (Å²) in [5.74, 6) is 0. The highest BCUT2D eigenvalue weighted by Gasteiger charge is 2.37. The zero-order valence-corrected chi connectivity index (χ0v) is 11.9. The molecule has 18 heavy (non-hydrogen) atoms. The topological polar surface area (TPSA) is 32.5 Å². The first kappa shape index (κ1) is 12.9. The van der Waals surface area contributed by atoms with E-state index in [-0.39, 0.29) is 0 Å². The molecule has 0 radical (unpaired) electrons. The Labute approximate surface area is 112 Å². The molecule has 0 amide bonds. The Bertz CT molecular complexity index is 281. The van der Waals surface area contributed by atoms with Gasteiger partial charge < -0.3 is 5.73 Å². The SMILES string of the molecule is CC1CN2CCCCC2CN1C1CCCC(N)C1. The van der Waals surface area contributed by atoms with Gasteiger partial charge >= 0.3 is 0 Å². The second kappa shape index (κ2) is 5.48. The Hall–Kier alpha value is -0.120. The second-order valence-electron chi connectivity index (χ2n) is 6.77. The van der Waals surface area contributed by atoms with E-state index in [1.54, 1.807) is 0 Å². The Morgan fingerprint density at radius 1 is 0.944 bits per heavy atom. The predicted octanol–water partition coefficient (Wildman–Crippen LogP) is 1.81. The third kappa shape index (κ3) is 2.59. The molecule has 0 aromatic carbocycles. The summed E-state index contributed by atoms with van der Waals surface area (Å²) in [6.45, 7) is 6.35. The number of nitrogens with zero attached hydrogens (tertiary/aromatic N) is 2. The van der Waals surface area contributed by atoms with Gasteiger partial charge in [-0.3, -0.25) is 9.80 Å². The lowest BCUT2D eigenvalue weighted by molar-refractivity contribution is -0.0174. The van der Waals surface area contributed by atoms with Crippen molar-refractivity contribution in [3.8, 4) is 0 Å². The standard InChI is InChI=1S/C15H29N3/c1-12-10-17-8-3-2-6-15(17)11-18(12)14-7-4-5-13(16)9-14/h12-15H,2-11,16H2,1H3. The average molecular weight is 251 g/mol. The van der Waals surface area contributed by atoms with Gasteiger partial charge in [0.25, 0.3) is 0 Å². The normalized spacial score (nSPS) is 43.7. The van der Waals surface area contributed by atoms with Crippen LogP contribution in [-0.4, -0.2) is 53.6 Å². The van der Waals surface area contributed by atoms with Crippen molar-refractivity contribution in [1.29, 1.82) is 0 Å². The molecule has 2 saturated heterocycles. The summed E-state index contributed by atoms with van der Waals surface area (Å²) in [5, 5.41) is 0. The fourth-order valence-corrected chi connectivity index (χ4v) is 4.39. The summed E-state index contributed by atoms with van der Waals surface area (Å²) in [5.41, 5.74) is 6.17. The van der Waals surface area contributed by atoms with Crippen LogP contribution in [0.25, 0.3) is 0 Å². The third-order valence-electron chi connectivity index (χ3n) is 5.39. The monoisotopic (exact) mass is 251 g/mol. The van der Waals surface area contributed by atoms with Gasteiger partial charge in [-0.1, -0.05) is 12.8 Å². The van der Waals surface area contributed by atoms with Crippen LogP contribution in [0.15, 0.2) is 0 Å². The number of nitrogens with two attached hydrogens (primary N) is 1. The maximum Gasteiger partial charge on any atom is 0.0224 e. The van der Waals surface area contributed by atoms with Crippen molar-refractivity contribution in [3.63, 3.8) is 0 Å². The molecule has 2 N–H and O–H groups in total. The van der Waals surface area contributed by atoms with Gasteiger partial charge in [-0.2, -0.15) is 0 Å². The molecule has 3 nitrogen and oxygen atoms in total. The molecule has 3 heteroatoms. The average Bonchev–Trinajstić information content (AvgIpc) is 2.38. The van der Waals surface area contributed by atoms with E-state index in [0.717, 1.165) is 18.1 Å². The first-order valence-electron chi connectivity index (χ1n) is 7.99. The lowest BCUT2D eigenvalue weighted by atomic mass is 9.87. The summed E-state index contributed by atoms with van der Waals surface area (Å²) in [7, 11) is 0. The van der Waals surface area contributed by atoms with E-state index < -0.39 is 0 Å². The van der Waals surface area contributed by atoms with E-state index in [4.69, 9.17) is 5.73 Å². The number of fused-ring (bicyclic) bond motifs is 1. The first-order valence-corrected chi connectivity index (χ1v) is 7.99. The van der Waals surface area contributed by atoms with Crippen LogP contribution in [0.5, 0.6) is 0 Å². The van der Waals surface area contributed by atoms with Crippen LogP contribution in [-0.2, 0) is 0 Å². The van der Waals surface area contributed by atoms with Gasteiger partial charge in [-0.15, -0.1) is 0 Å². The summed E-state index contributed by atoms with van der Waals surface area (Å²) < 4.78 is 0. The van der Waals surface area contributed by atoms with Crippen molar-refractivity contribution in [2.75, 3.05) is 19.6 Å². The molecule has 0 aromatic heterocycles. The van der Waals surface area contributed by atoms with Gasteiger partial charge in [0.05, 0.1) is 0 Å². The number of hydrogen-bond donors (Lipinski definition) is 1. The Kier molecular flexibility index (Phi) is 3.92. The van der Waals surface area contributed by atoms with Crippen LogP contribution < -0.4 is 5.73 Å². The lowest BCUT2D eigenvalue weighted by Gasteiger charge is -2.51. The molecule has 1 aliphatic carbocycles. The van der Waals surface area contributed by atoms with Gasteiger partial charge in [-0.05, 0) is 45.6 Å². The molecular weight excluding hydrogens is 222 g/mol. The van der Waals surface area contributed by atoms with Crippen molar-refractivity contribution in [3.05, 3.63) is 0 Å². The van der Waals surface area contributed by atoms with E-state index in [0.29, 0.717) is 6.04 Å². The van der Waals surface area contributed by atoms with E-state index in [9.17, 15) is 0 Å². The van der Waals surface area contributed by atoms with Crippen LogP contribution in [0, 0.1) is 0 Å². The maximum absolute atomic E-state index is 6.17. The Balaban J connectivity index is 1.64. The molecule has 0 bridgehead atoms. The highest BCUT2D eigenvalue weighted by molar-refractivity contribution is 4.93.